The molecule has 2 fully saturated rings. The monoisotopic (exact) mass is 275 g/mol. The lowest BCUT2D eigenvalue weighted by atomic mass is 9.85. The van der Waals surface area contributed by atoms with E-state index >= 15 is 0 Å². The predicted octanol–water partition coefficient (Wildman–Crippen LogP) is 2.99. The summed E-state index contributed by atoms with van der Waals surface area (Å²) in [5.74, 6) is 1.51. The number of rotatable bonds is 4. The van der Waals surface area contributed by atoms with Gasteiger partial charge in [0.05, 0.1) is 13.2 Å². The first-order valence-electron chi connectivity index (χ1n) is 7.71. The van der Waals surface area contributed by atoms with Gasteiger partial charge in [0.15, 0.2) is 0 Å². The Hall–Kier alpha value is -1.06. The Morgan fingerprint density at radius 1 is 1.20 bits per heavy atom. The highest BCUT2D eigenvalue weighted by atomic mass is 16.5. The molecule has 1 aromatic carbocycles. The first kappa shape index (κ1) is 13.9. The quantitative estimate of drug-likeness (QED) is 0.917. The van der Waals surface area contributed by atoms with Crippen LogP contribution in [-0.2, 0) is 0 Å². The van der Waals surface area contributed by atoms with Crippen LogP contribution in [0, 0.1) is 5.92 Å². The highest BCUT2D eigenvalue weighted by Gasteiger charge is 2.38. The third-order valence-corrected chi connectivity index (χ3v) is 5.25. The summed E-state index contributed by atoms with van der Waals surface area (Å²) in [4.78, 5) is 2.55. The Kier molecular flexibility index (Phi) is 3.99. The molecule has 2 unspecified atom stereocenters. The molecule has 1 aromatic rings. The standard InChI is InChI=1S/C17H25NO2/c1-18-14-5-6-15(18)10-12(9-14)11-17(19)13-3-7-16(20-2)8-4-13/h3-4,7-8,12,14-15,17,19H,5-6,9-11H2,1-2H3/t12?,14-,15+,17?. The van der Waals surface area contributed by atoms with E-state index < -0.39 is 0 Å². The van der Waals surface area contributed by atoms with Crippen molar-refractivity contribution in [3.63, 3.8) is 0 Å². The SMILES string of the molecule is COc1ccc(C(O)CC2C[C@H]3CC[C@@H](C2)N3C)cc1. The van der Waals surface area contributed by atoms with Gasteiger partial charge in [0.25, 0.3) is 0 Å². The summed E-state index contributed by atoms with van der Waals surface area (Å²) in [6.07, 6.45) is 5.74. The molecule has 3 heteroatoms. The summed E-state index contributed by atoms with van der Waals surface area (Å²) >= 11 is 0. The summed E-state index contributed by atoms with van der Waals surface area (Å²) in [5, 5.41) is 10.4. The molecule has 0 aromatic heterocycles. The van der Waals surface area contributed by atoms with Crippen molar-refractivity contribution in [1.82, 2.24) is 4.90 Å². The smallest absolute Gasteiger partial charge is 0.118 e. The number of fused-ring (bicyclic) bond motifs is 2. The van der Waals surface area contributed by atoms with Gasteiger partial charge in [-0.1, -0.05) is 12.1 Å². The fourth-order valence-corrected chi connectivity index (χ4v) is 3.99. The summed E-state index contributed by atoms with van der Waals surface area (Å²) in [6, 6.07) is 9.32. The van der Waals surface area contributed by atoms with Gasteiger partial charge in [-0.3, -0.25) is 0 Å². The molecule has 0 saturated carbocycles. The van der Waals surface area contributed by atoms with Crippen molar-refractivity contribution in [2.24, 2.45) is 5.92 Å². The Bertz CT molecular complexity index is 431. The maximum atomic E-state index is 10.4. The van der Waals surface area contributed by atoms with Gasteiger partial charge in [-0.15, -0.1) is 0 Å². The van der Waals surface area contributed by atoms with E-state index in [2.05, 4.69) is 11.9 Å². The predicted molar refractivity (Wildman–Crippen MR) is 79.9 cm³/mol. The topological polar surface area (TPSA) is 32.7 Å². The molecule has 4 atom stereocenters. The molecular formula is C17H25NO2. The van der Waals surface area contributed by atoms with E-state index in [0.717, 1.165) is 29.8 Å². The summed E-state index contributed by atoms with van der Waals surface area (Å²) in [6.45, 7) is 0. The van der Waals surface area contributed by atoms with Crippen LogP contribution in [0.4, 0.5) is 0 Å². The number of methoxy groups -OCH3 is 1. The lowest BCUT2D eigenvalue weighted by molar-refractivity contribution is 0.0836. The maximum Gasteiger partial charge on any atom is 0.118 e. The highest BCUT2D eigenvalue weighted by molar-refractivity contribution is 5.28. The molecule has 3 nitrogen and oxygen atoms in total. The second-order valence-corrected chi connectivity index (χ2v) is 6.41. The molecule has 2 aliphatic rings. The lowest BCUT2D eigenvalue weighted by Gasteiger charge is -2.37. The zero-order chi connectivity index (χ0) is 14.1. The van der Waals surface area contributed by atoms with Crippen molar-refractivity contribution in [1.29, 1.82) is 0 Å². The molecule has 0 aliphatic carbocycles. The van der Waals surface area contributed by atoms with Crippen molar-refractivity contribution in [2.45, 2.75) is 50.3 Å². The fraction of sp³-hybridized carbons (Fsp3) is 0.647. The second-order valence-electron chi connectivity index (χ2n) is 6.41. The van der Waals surface area contributed by atoms with Gasteiger partial charge in [0.2, 0.25) is 0 Å². The van der Waals surface area contributed by atoms with E-state index in [1.807, 2.05) is 24.3 Å². The van der Waals surface area contributed by atoms with E-state index in [-0.39, 0.29) is 6.10 Å². The van der Waals surface area contributed by atoms with Gasteiger partial charge in [-0.25, -0.2) is 0 Å². The number of aliphatic hydroxyl groups excluding tert-OH is 1. The number of nitrogens with zero attached hydrogens (tertiary/aromatic N) is 1. The first-order valence-corrected chi connectivity index (χ1v) is 7.71. The minimum atomic E-state index is -0.339. The number of piperidine rings is 1. The average molecular weight is 275 g/mol. The van der Waals surface area contributed by atoms with Crippen LogP contribution in [0.5, 0.6) is 5.75 Å². The number of ether oxygens (including phenoxy) is 1. The van der Waals surface area contributed by atoms with E-state index in [1.165, 1.54) is 25.7 Å². The van der Waals surface area contributed by atoms with Crippen LogP contribution in [0.15, 0.2) is 24.3 Å². The third kappa shape index (κ3) is 2.70. The van der Waals surface area contributed by atoms with E-state index in [0.29, 0.717) is 5.92 Å². The summed E-state index contributed by atoms with van der Waals surface area (Å²) in [5.41, 5.74) is 1.01. The van der Waals surface area contributed by atoms with Crippen LogP contribution < -0.4 is 4.74 Å². The normalized spacial score (nSPS) is 31.2. The second kappa shape index (κ2) is 5.74. The van der Waals surface area contributed by atoms with E-state index in [1.54, 1.807) is 7.11 Å². The van der Waals surface area contributed by atoms with Crippen LogP contribution in [0.1, 0.15) is 43.8 Å². The molecule has 2 aliphatic heterocycles. The van der Waals surface area contributed by atoms with Crippen LogP contribution in [0.3, 0.4) is 0 Å². The zero-order valence-corrected chi connectivity index (χ0v) is 12.5. The van der Waals surface area contributed by atoms with Crippen molar-refractivity contribution in [2.75, 3.05) is 14.2 Å². The highest BCUT2D eigenvalue weighted by Crippen LogP contribution is 2.40. The Morgan fingerprint density at radius 3 is 2.35 bits per heavy atom. The fourth-order valence-electron chi connectivity index (χ4n) is 3.99. The summed E-state index contributed by atoms with van der Waals surface area (Å²) in [7, 11) is 3.93. The van der Waals surface area contributed by atoms with E-state index in [9.17, 15) is 5.11 Å². The minimum absolute atomic E-state index is 0.339. The van der Waals surface area contributed by atoms with Crippen molar-refractivity contribution < 1.29 is 9.84 Å². The van der Waals surface area contributed by atoms with Gasteiger partial charge in [-0.05, 0) is 62.8 Å². The molecule has 0 spiro atoms. The molecule has 0 radical (unpaired) electrons. The Balaban J connectivity index is 1.60. The molecule has 3 rings (SSSR count). The minimum Gasteiger partial charge on any atom is -0.497 e. The number of hydrogen-bond acceptors (Lipinski definition) is 3. The Morgan fingerprint density at radius 2 is 1.80 bits per heavy atom. The van der Waals surface area contributed by atoms with Crippen LogP contribution >= 0.6 is 0 Å². The summed E-state index contributed by atoms with van der Waals surface area (Å²) < 4.78 is 5.16. The number of hydrogen-bond donors (Lipinski definition) is 1. The van der Waals surface area contributed by atoms with Crippen molar-refractivity contribution in [3.8, 4) is 5.75 Å². The van der Waals surface area contributed by atoms with Crippen LogP contribution in [0.25, 0.3) is 0 Å². The van der Waals surface area contributed by atoms with Crippen molar-refractivity contribution in [3.05, 3.63) is 29.8 Å². The molecule has 2 heterocycles. The maximum absolute atomic E-state index is 10.4. The van der Waals surface area contributed by atoms with Gasteiger partial charge < -0.3 is 14.7 Å². The number of aliphatic hydroxyl groups is 1. The molecule has 0 amide bonds. The molecule has 20 heavy (non-hydrogen) atoms. The lowest BCUT2D eigenvalue weighted by Crippen LogP contribution is -2.40. The molecule has 2 saturated heterocycles. The first-order chi connectivity index (χ1) is 9.67. The van der Waals surface area contributed by atoms with Crippen LogP contribution in [-0.4, -0.2) is 36.2 Å². The average Bonchev–Trinajstić information content (AvgIpc) is 2.69. The molecule has 1 N–H and O–H groups in total. The van der Waals surface area contributed by atoms with Crippen LogP contribution in [0.2, 0.25) is 0 Å². The zero-order valence-electron chi connectivity index (χ0n) is 12.5. The van der Waals surface area contributed by atoms with Gasteiger partial charge in [0.1, 0.15) is 5.75 Å². The largest absolute Gasteiger partial charge is 0.497 e. The Labute approximate surface area is 121 Å². The molecule has 110 valence electrons. The van der Waals surface area contributed by atoms with Gasteiger partial charge >= 0.3 is 0 Å². The molecule has 2 bridgehead atoms. The third-order valence-electron chi connectivity index (χ3n) is 5.25. The molecular weight excluding hydrogens is 250 g/mol. The number of benzene rings is 1. The van der Waals surface area contributed by atoms with E-state index in [4.69, 9.17) is 4.74 Å². The van der Waals surface area contributed by atoms with Gasteiger partial charge in [-0.2, -0.15) is 0 Å². The van der Waals surface area contributed by atoms with Crippen molar-refractivity contribution >= 4 is 0 Å². The van der Waals surface area contributed by atoms with Gasteiger partial charge in [0, 0.05) is 12.1 Å².